The van der Waals surface area contributed by atoms with Crippen LogP contribution in [-0.4, -0.2) is 42.6 Å². The number of hydrogen-bond donors (Lipinski definition) is 1. The summed E-state index contributed by atoms with van der Waals surface area (Å²) in [7, 11) is 1.82. The molecule has 0 aliphatic carbocycles. The van der Waals surface area contributed by atoms with Crippen molar-refractivity contribution in [3.8, 4) is 0 Å². The highest BCUT2D eigenvalue weighted by molar-refractivity contribution is 7.99. The Morgan fingerprint density at radius 2 is 1.90 bits per heavy atom. The number of aryl methyl sites for hydroxylation is 1. The average Bonchev–Trinajstić information content (AvgIpc) is 3.23. The minimum absolute atomic E-state index is 0.464. The van der Waals surface area contributed by atoms with E-state index in [1.54, 1.807) is 0 Å². The van der Waals surface area contributed by atoms with Gasteiger partial charge in [-0.25, -0.2) is 5.01 Å². The quantitative estimate of drug-likeness (QED) is 0.412. The number of rotatable bonds is 13. The van der Waals surface area contributed by atoms with Crippen molar-refractivity contribution in [1.82, 2.24) is 10.4 Å². The molecule has 1 fully saturated rings. The molecule has 3 nitrogen and oxygen atoms in total. The maximum absolute atomic E-state index is 5.51. The number of hydrazine groups is 1. The van der Waals surface area contributed by atoms with Crippen molar-refractivity contribution in [2.75, 3.05) is 20.3 Å². The van der Waals surface area contributed by atoms with Crippen LogP contribution in [0.3, 0.4) is 0 Å². The number of unbranched alkanes of at least 4 members (excludes halogenated alkanes) is 1. The summed E-state index contributed by atoms with van der Waals surface area (Å²) < 4.78 is 5.51. The Morgan fingerprint density at radius 1 is 1.13 bits per heavy atom. The Balaban J connectivity index is 1.77. The maximum Gasteiger partial charge on any atom is 0.0632 e. The number of nitrogens with one attached hydrogen (secondary N) is 1. The molecular formula is C27H40N2OS. The molecule has 4 heteroatoms. The largest absolute Gasteiger partial charge is 0.383 e. The predicted octanol–water partition coefficient (Wildman–Crippen LogP) is 6.01. The zero-order chi connectivity index (χ0) is 21.9. The smallest absolute Gasteiger partial charge is 0.0632 e. The van der Waals surface area contributed by atoms with Crippen molar-refractivity contribution in [2.45, 2.75) is 75.5 Å². The molecule has 3 atom stereocenters. The van der Waals surface area contributed by atoms with Crippen LogP contribution in [-0.2, 0) is 16.9 Å². The number of hydrogen-bond acceptors (Lipinski definition) is 4. The van der Waals surface area contributed by atoms with Gasteiger partial charge in [-0.2, -0.15) is 11.8 Å². The molecule has 3 rings (SSSR count). The zero-order valence-corrected chi connectivity index (χ0v) is 20.4. The van der Waals surface area contributed by atoms with Crippen molar-refractivity contribution in [3.05, 3.63) is 71.3 Å². The normalized spacial score (nSPS) is 18.9. The molecule has 2 aromatic rings. The molecule has 0 aromatic heterocycles. The Kier molecular flexibility index (Phi) is 10.4. The van der Waals surface area contributed by atoms with Gasteiger partial charge in [0.25, 0.3) is 0 Å². The third kappa shape index (κ3) is 7.64. The molecule has 1 heterocycles. The average molecular weight is 441 g/mol. The van der Waals surface area contributed by atoms with Crippen LogP contribution >= 0.6 is 11.8 Å². The molecule has 1 saturated heterocycles. The summed E-state index contributed by atoms with van der Waals surface area (Å²) in [6.07, 6.45) is 7.29. The minimum atomic E-state index is 0.464. The van der Waals surface area contributed by atoms with E-state index in [9.17, 15) is 0 Å². The fourth-order valence-corrected chi connectivity index (χ4v) is 5.82. The second kappa shape index (κ2) is 13.3. The lowest BCUT2D eigenvalue weighted by molar-refractivity contribution is 0.0686. The third-order valence-corrected chi connectivity index (χ3v) is 7.80. The van der Waals surface area contributed by atoms with Gasteiger partial charge in [-0.05, 0) is 49.3 Å². The van der Waals surface area contributed by atoms with E-state index in [0.717, 1.165) is 25.3 Å². The molecule has 0 amide bonds. The van der Waals surface area contributed by atoms with E-state index in [0.29, 0.717) is 17.3 Å². The van der Waals surface area contributed by atoms with Gasteiger partial charge < -0.3 is 4.74 Å². The summed E-state index contributed by atoms with van der Waals surface area (Å²) >= 11 is 2.11. The van der Waals surface area contributed by atoms with E-state index in [1.165, 1.54) is 48.8 Å². The van der Waals surface area contributed by atoms with E-state index >= 15 is 0 Å². The zero-order valence-electron chi connectivity index (χ0n) is 19.6. The molecule has 0 bridgehead atoms. The number of thioether (sulfide) groups is 1. The predicted molar refractivity (Wildman–Crippen MR) is 134 cm³/mol. The van der Waals surface area contributed by atoms with Gasteiger partial charge in [0, 0.05) is 36.7 Å². The van der Waals surface area contributed by atoms with Gasteiger partial charge in [-0.15, -0.1) is 0 Å². The van der Waals surface area contributed by atoms with Crippen LogP contribution in [0.1, 0.15) is 55.7 Å². The standard InChI is InChI=1S/C27H40N2OS/c1-4-5-17-26(28-29-18-11-16-25(29)20-30-3)27(19-24-15-10-9-12-22(24)2)31-21-23-13-7-6-8-14-23/h6-10,12-15,25-28H,4-5,11,16-21H2,1-3H3/t25-,26+,27-/m0/s1. The monoisotopic (exact) mass is 440 g/mol. The van der Waals surface area contributed by atoms with Gasteiger partial charge in [0.1, 0.15) is 0 Å². The highest BCUT2D eigenvalue weighted by Crippen LogP contribution is 2.28. The summed E-state index contributed by atoms with van der Waals surface area (Å²) in [5, 5.41) is 3.01. The van der Waals surface area contributed by atoms with Gasteiger partial charge in [0.05, 0.1) is 6.61 Å². The van der Waals surface area contributed by atoms with E-state index in [-0.39, 0.29) is 0 Å². The van der Waals surface area contributed by atoms with Crippen molar-refractivity contribution < 1.29 is 4.74 Å². The first-order chi connectivity index (χ1) is 15.2. The number of methoxy groups -OCH3 is 1. The van der Waals surface area contributed by atoms with Crippen LogP contribution in [0.2, 0.25) is 0 Å². The minimum Gasteiger partial charge on any atom is -0.383 e. The summed E-state index contributed by atoms with van der Waals surface area (Å²) in [6, 6.07) is 20.8. The summed E-state index contributed by atoms with van der Waals surface area (Å²) in [5.74, 6) is 1.06. The summed E-state index contributed by atoms with van der Waals surface area (Å²) in [6.45, 7) is 6.48. The summed E-state index contributed by atoms with van der Waals surface area (Å²) in [4.78, 5) is 0. The van der Waals surface area contributed by atoms with Crippen LogP contribution in [0.4, 0.5) is 0 Å². The third-order valence-electron chi connectivity index (χ3n) is 6.37. The molecule has 1 aliphatic rings. The second-order valence-corrected chi connectivity index (χ2v) is 10.0. The van der Waals surface area contributed by atoms with Gasteiger partial charge >= 0.3 is 0 Å². The van der Waals surface area contributed by atoms with Gasteiger partial charge in [0.2, 0.25) is 0 Å². The highest BCUT2D eigenvalue weighted by atomic mass is 32.2. The second-order valence-electron chi connectivity index (χ2n) is 8.79. The Morgan fingerprint density at radius 3 is 2.65 bits per heavy atom. The van der Waals surface area contributed by atoms with Crippen LogP contribution < -0.4 is 5.43 Å². The summed E-state index contributed by atoms with van der Waals surface area (Å²) in [5.41, 5.74) is 8.29. The van der Waals surface area contributed by atoms with Crippen molar-refractivity contribution in [3.63, 3.8) is 0 Å². The Labute approximate surface area is 193 Å². The fraction of sp³-hybridized carbons (Fsp3) is 0.556. The first kappa shape index (κ1) is 24.3. The molecule has 1 aliphatic heterocycles. The van der Waals surface area contributed by atoms with Crippen LogP contribution in [0, 0.1) is 6.92 Å². The van der Waals surface area contributed by atoms with E-state index in [4.69, 9.17) is 4.74 Å². The number of ether oxygens (including phenoxy) is 1. The first-order valence-electron chi connectivity index (χ1n) is 11.9. The fourth-order valence-electron chi connectivity index (χ4n) is 4.49. The SMILES string of the molecule is CCCC[C@@H](NN1CCC[C@H]1COC)[C@H](Cc1ccccc1C)SCc1ccccc1. The van der Waals surface area contributed by atoms with Crippen molar-refractivity contribution >= 4 is 11.8 Å². The van der Waals surface area contributed by atoms with E-state index in [1.807, 2.05) is 7.11 Å². The lowest BCUT2D eigenvalue weighted by Crippen LogP contribution is -2.52. The van der Waals surface area contributed by atoms with Gasteiger partial charge in [0.15, 0.2) is 0 Å². The van der Waals surface area contributed by atoms with Crippen molar-refractivity contribution in [2.24, 2.45) is 0 Å². The lowest BCUT2D eigenvalue weighted by Gasteiger charge is -2.35. The first-order valence-corrected chi connectivity index (χ1v) is 13.0. The Hall–Kier alpha value is -1.33. The molecule has 2 aromatic carbocycles. The lowest BCUT2D eigenvalue weighted by atomic mass is 9.98. The number of benzene rings is 2. The Bertz CT molecular complexity index is 754. The maximum atomic E-state index is 5.51. The molecule has 0 unspecified atom stereocenters. The number of nitrogens with zero attached hydrogens (tertiary/aromatic N) is 1. The molecule has 1 N–H and O–H groups in total. The molecule has 0 radical (unpaired) electrons. The van der Waals surface area contributed by atoms with Crippen LogP contribution in [0.5, 0.6) is 0 Å². The highest BCUT2D eigenvalue weighted by Gasteiger charge is 2.30. The topological polar surface area (TPSA) is 24.5 Å². The molecule has 0 spiro atoms. The van der Waals surface area contributed by atoms with Gasteiger partial charge in [-0.3, -0.25) is 5.43 Å². The van der Waals surface area contributed by atoms with Crippen LogP contribution in [0.25, 0.3) is 0 Å². The molecule has 0 saturated carbocycles. The molecule has 31 heavy (non-hydrogen) atoms. The van der Waals surface area contributed by atoms with E-state index < -0.39 is 0 Å². The van der Waals surface area contributed by atoms with Crippen molar-refractivity contribution in [1.29, 1.82) is 0 Å². The van der Waals surface area contributed by atoms with E-state index in [2.05, 4.69) is 90.6 Å². The molecule has 170 valence electrons. The van der Waals surface area contributed by atoms with Gasteiger partial charge in [-0.1, -0.05) is 74.4 Å². The molecular weight excluding hydrogens is 400 g/mol. The van der Waals surface area contributed by atoms with Crippen LogP contribution in [0.15, 0.2) is 54.6 Å².